The first kappa shape index (κ1) is 14.0. The van der Waals surface area contributed by atoms with Crippen LogP contribution >= 0.6 is 27.7 Å². The topological polar surface area (TPSA) is 41.3 Å². The van der Waals surface area contributed by atoms with Crippen LogP contribution in [0, 0.1) is 0 Å². The number of hydrogen-bond donors (Lipinski definition) is 1. The second-order valence-electron chi connectivity index (χ2n) is 3.88. The van der Waals surface area contributed by atoms with Gasteiger partial charge in [0.05, 0.1) is 22.9 Å². The third-order valence-corrected chi connectivity index (χ3v) is 3.49. The van der Waals surface area contributed by atoms with E-state index in [1.165, 1.54) is 0 Å². The van der Waals surface area contributed by atoms with Crippen LogP contribution in [0.2, 0.25) is 0 Å². The minimum Gasteiger partial charge on any atom is -0.386 e. The van der Waals surface area contributed by atoms with Crippen molar-refractivity contribution >= 4 is 27.7 Å². The Morgan fingerprint density at radius 1 is 1.62 bits per heavy atom. The van der Waals surface area contributed by atoms with E-state index < -0.39 is 6.10 Å². The summed E-state index contributed by atoms with van der Waals surface area (Å²) in [6.45, 7) is 1.70. The molecule has 1 aromatic rings. The molecule has 1 unspecified atom stereocenters. The third-order valence-electron chi connectivity index (χ3n) is 2.23. The summed E-state index contributed by atoms with van der Waals surface area (Å²) in [6.07, 6.45) is 3.26. The average molecular weight is 308 g/mol. The molecule has 1 N–H and O–H groups in total. The minimum absolute atomic E-state index is 0.464. The smallest absolute Gasteiger partial charge is 0.106 e. The fourth-order valence-corrected chi connectivity index (χ4v) is 2.45. The Morgan fingerprint density at radius 3 is 2.88 bits per heavy atom. The summed E-state index contributed by atoms with van der Waals surface area (Å²) in [5.41, 5.74) is 0.871. The molecule has 1 atom stereocenters. The van der Waals surface area contributed by atoms with Crippen molar-refractivity contribution < 1.29 is 5.11 Å². The van der Waals surface area contributed by atoms with Crippen LogP contribution in [-0.4, -0.2) is 52.4 Å². The van der Waals surface area contributed by atoms with Crippen molar-refractivity contribution in [1.82, 2.24) is 14.7 Å². The number of aromatic nitrogens is 2. The number of thioether (sulfide) groups is 1. The molecule has 0 aliphatic carbocycles. The molecular weight excluding hydrogens is 290 g/mol. The molecule has 0 radical (unpaired) electrons. The largest absolute Gasteiger partial charge is 0.386 e. The fraction of sp³-hybridized carbons (Fsp3) is 0.700. The van der Waals surface area contributed by atoms with Gasteiger partial charge >= 0.3 is 0 Å². The Bertz CT molecular complexity index is 330. The highest BCUT2D eigenvalue weighted by molar-refractivity contribution is 9.10. The number of hydrogen-bond acceptors (Lipinski definition) is 4. The van der Waals surface area contributed by atoms with Gasteiger partial charge < -0.3 is 10.0 Å². The van der Waals surface area contributed by atoms with Crippen molar-refractivity contribution in [3.8, 4) is 0 Å². The van der Waals surface area contributed by atoms with Crippen molar-refractivity contribution in [2.75, 3.05) is 32.6 Å². The number of likely N-dealkylation sites (N-methyl/N-ethyl adjacent to an activating group) is 1. The molecular formula is C10H18BrN3OS. The predicted molar refractivity (Wildman–Crippen MR) is 71.8 cm³/mol. The second-order valence-corrected chi connectivity index (χ2v) is 5.64. The molecule has 6 heteroatoms. The Balaban J connectivity index is 2.76. The van der Waals surface area contributed by atoms with Gasteiger partial charge in [0.15, 0.2) is 0 Å². The maximum atomic E-state index is 10.0. The number of halogens is 1. The lowest BCUT2D eigenvalue weighted by atomic mass is 10.3. The fourth-order valence-electron chi connectivity index (χ4n) is 1.41. The van der Waals surface area contributed by atoms with Gasteiger partial charge in [-0.2, -0.15) is 16.9 Å². The molecule has 0 aromatic carbocycles. The molecule has 0 bridgehead atoms. The zero-order valence-electron chi connectivity index (χ0n) is 9.85. The summed E-state index contributed by atoms with van der Waals surface area (Å²) in [4.78, 5) is 2.10. The van der Waals surface area contributed by atoms with Gasteiger partial charge in [0.25, 0.3) is 0 Å². The summed E-state index contributed by atoms with van der Waals surface area (Å²) < 4.78 is 2.75. The molecule has 4 nitrogen and oxygen atoms in total. The van der Waals surface area contributed by atoms with E-state index in [0.29, 0.717) is 5.75 Å². The van der Waals surface area contributed by atoms with Gasteiger partial charge in [-0.05, 0) is 36.3 Å². The Morgan fingerprint density at radius 2 is 2.31 bits per heavy atom. The van der Waals surface area contributed by atoms with Crippen LogP contribution in [0.4, 0.5) is 0 Å². The van der Waals surface area contributed by atoms with Gasteiger partial charge in [-0.3, -0.25) is 4.68 Å². The molecule has 0 aliphatic heterocycles. The summed E-state index contributed by atoms with van der Waals surface area (Å²) in [6, 6.07) is 0. The highest BCUT2D eigenvalue weighted by Gasteiger charge is 2.17. The SMILES string of the molecule is CSCC(O)c1c(Br)cnn1CCN(C)C. The molecule has 0 saturated heterocycles. The van der Waals surface area contributed by atoms with Gasteiger partial charge in [0.2, 0.25) is 0 Å². The summed E-state index contributed by atoms with van der Waals surface area (Å²) in [7, 11) is 4.05. The van der Waals surface area contributed by atoms with Crippen molar-refractivity contribution in [2.24, 2.45) is 0 Å². The average Bonchev–Trinajstić information content (AvgIpc) is 2.57. The van der Waals surface area contributed by atoms with Gasteiger partial charge in [-0.1, -0.05) is 0 Å². The predicted octanol–water partition coefficient (Wildman–Crippen LogP) is 1.60. The Labute approximate surface area is 109 Å². The molecule has 0 saturated carbocycles. The van der Waals surface area contributed by atoms with E-state index in [9.17, 15) is 5.11 Å². The van der Waals surface area contributed by atoms with Crippen LogP contribution < -0.4 is 0 Å². The van der Waals surface area contributed by atoms with Crippen molar-refractivity contribution in [1.29, 1.82) is 0 Å². The van der Waals surface area contributed by atoms with E-state index in [0.717, 1.165) is 23.3 Å². The van der Waals surface area contributed by atoms with Crippen LogP contribution in [0.1, 0.15) is 11.8 Å². The number of aliphatic hydroxyl groups excluding tert-OH is 1. The van der Waals surface area contributed by atoms with E-state index in [2.05, 4.69) is 25.9 Å². The van der Waals surface area contributed by atoms with Crippen molar-refractivity contribution in [3.05, 3.63) is 16.4 Å². The quantitative estimate of drug-likeness (QED) is 0.867. The van der Waals surface area contributed by atoms with Crippen molar-refractivity contribution in [2.45, 2.75) is 12.6 Å². The molecule has 1 rings (SSSR count). The van der Waals surface area contributed by atoms with Crippen LogP contribution in [0.15, 0.2) is 10.7 Å². The van der Waals surface area contributed by atoms with E-state index >= 15 is 0 Å². The normalized spacial score (nSPS) is 13.4. The highest BCUT2D eigenvalue weighted by atomic mass is 79.9. The summed E-state index contributed by atoms with van der Waals surface area (Å²) in [5.74, 6) is 0.687. The molecule has 0 fully saturated rings. The number of nitrogens with zero attached hydrogens (tertiary/aromatic N) is 3. The van der Waals surface area contributed by atoms with Crippen LogP contribution in [0.5, 0.6) is 0 Å². The second kappa shape index (κ2) is 6.64. The van der Waals surface area contributed by atoms with E-state index in [-0.39, 0.29) is 0 Å². The zero-order valence-corrected chi connectivity index (χ0v) is 12.3. The maximum absolute atomic E-state index is 10.0. The lowest BCUT2D eigenvalue weighted by Crippen LogP contribution is -2.21. The maximum Gasteiger partial charge on any atom is 0.106 e. The first-order chi connectivity index (χ1) is 7.56. The molecule has 1 aromatic heterocycles. The van der Waals surface area contributed by atoms with Crippen LogP contribution in [0.3, 0.4) is 0 Å². The number of aliphatic hydroxyl groups is 1. The monoisotopic (exact) mass is 307 g/mol. The molecule has 0 aliphatic rings. The first-order valence-corrected chi connectivity index (χ1v) is 7.28. The van der Waals surface area contributed by atoms with Gasteiger partial charge in [0, 0.05) is 12.3 Å². The summed E-state index contributed by atoms with van der Waals surface area (Å²) in [5, 5.41) is 14.3. The Hall–Kier alpha value is -0.0400. The summed E-state index contributed by atoms with van der Waals surface area (Å²) >= 11 is 5.06. The lowest BCUT2D eigenvalue weighted by molar-refractivity contribution is 0.189. The molecule has 16 heavy (non-hydrogen) atoms. The zero-order chi connectivity index (χ0) is 12.1. The minimum atomic E-state index is -0.464. The third kappa shape index (κ3) is 3.76. The van der Waals surface area contributed by atoms with Gasteiger partial charge in [-0.25, -0.2) is 0 Å². The molecule has 92 valence electrons. The van der Waals surface area contributed by atoms with E-state index in [1.807, 2.05) is 25.0 Å². The van der Waals surface area contributed by atoms with Gasteiger partial charge in [-0.15, -0.1) is 0 Å². The van der Waals surface area contributed by atoms with E-state index in [4.69, 9.17) is 0 Å². The highest BCUT2D eigenvalue weighted by Crippen LogP contribution is 2.25. The van der Waals surface area contributed by atoms with Crippen molar-refractivity contribution in [3.63, 3.8) is 0 Å². The number of rotatable bonds is 6. The molecule has 0 amide bonds. The van der Waals surface area contributed by atoms with E-state index in [1.54, 1.807) is 18.0 Å². The van der Waals surface area contributed by atoms with Crippen LogP contribution in [0.25, 0.3) is 0 Å². The first-order valence-electron chi connectivity index (χ1n) is 5.09. The molecule has 1 heterocycles. The van der Waals surface area contributed by atoms with Gasteiger partial charge in [0.1, 0.15) is 6.10 Å². The standard InChI is InChI=1S/C10H18BrN3OS/c1-13(2)4-5-14-10(8(11)6-12-14)9(15)7-16-3/h6,9,15H,4-5,7H2,1-3H3. The Kier molecular flexibility index (Phi) is 5.82. The lowest BCUT2D eigenvalue weighted by Gasteiger charge is -2.15. The molecule has 0 spiro atoms. The van der Waals surface area contributed by atoms with Crippen LogP contribution in [-0.2, 0) is 6.54 Å².